The number of esters is 1. The maximum absolute atomic E-state index is 11.7. The molecular formula is C20H37O6P. The molecule has 0 spiro atoms. The Hall–Kier alpha value is -0.420. The van der Waals surface area contributed by atoms with Crippen molar-refractivity contribution in [1.29, 1.82) is 0 Å². The van der Waals surface area contributed by atoms with E-state index in [9.17, 15) is 9.36 Å². The molecule has 2 rings (SSSR count). The van der Waals surface area contributed by atoms with E-state index in [0.29, 0.717) is 6.42 Å². The van der Waals surface area contributed by atoms with E-state index in [0.717, 1.165) is 24.7 Å². The predicted molar refractivity (Wildman–Crippen MR) is 104 cm³/mol. The topological polar surface area (TPSA) is 82.1 Å². The molecule has 1 N–H and O–H groups in total. The van der Waals surface area contributed by atoms with Gasteiger partial charge in [-0.25, -0.2) is 4.57 Å². The summed E-state index contributed by atoms with van der Waals surface area (Å²) in [6, 6.07) is 0. The number of ether oxygens (including phenoxy) is 1. The van der Waals surface area contributed by atoms with Gasteiger partial charge in [0.05, 0.1) is 6.61 Å². The Morgan fingerprint density at radius 1 is 1.04 bits per heavy atom. The van der Waals surface area contributed by atoms with Crippen LogP contribution in [0.25, 0.3) is 0 Å². The number of rotatable bonds is 15. The highest BCUT2D eigenvalue weighted by atomic mass is 31.2. The maximum atomic E-state index is 11.7. The van der Waals surface area contributed by atoms with Crippen molar-refractivity contribution >= 4 is 13.8 Å². The molecule has 0 radical (unpaired) electrons. The highest BCUT2D eigenvalue weighted by molar-refractivity contribution is 7.47. The average Bonchev–Trinajstić information content (AvgIpc) is 3.28. The lowest BCUT2D eigenvalue weighted by Crippen LogP contribution is -2.20. The zero-order valence-corrected chi connectivity index (χ0v) is 17.7. The molecule has 6 nitrogen and oxygen atoms in total. The van der Waals surface area contributed by atoms with Gasteiger partial charge in [-0.2, -0.15) is 0 Å². The first-order valence-corrected chi connectivity index (χ1v) is 12.3. The van der Waals surface area contributed by atoms with Crippen molar-refractivity contribution in [3.05, 3.63) is 0 Å². The van der Waals surface area contributed by atoms with Gasteiger partial charge < -0.3 is 9.63 Å². The van der Waals surface area contributed by atoms with Crippen LogP contribution in [0.3, 0.4) is 0 Å². The first kappa shape index (κ1) is 22.9. The minimum atomic E-state index is -3.90. The zero-order valence-electron chi connectivity index (χ0n) is 16.8. The summed E-state index contributed by atoms with van der Waals surface area (Å²) >= 11 is 0. The van der Waals surface area contributed by atoms with Crippen molar-refractivity contribution < 1.29 is 28.0 Å². The van der Waals surface area contributed by atoms with E-state index < -0.39 is 13.9 Å². The van der Waals surface area contributed by atoms with Gasteiger partial charge >= 0.3 is 13.8 Å². The standard InChI is InChI=1S/C20H37O6P/c1-2-3-4-8-11-17-14-18(17)12-9-6-5-7-10-13-20(21)24-15-19-16-25-27(22,23)26-19/h17-19H,2-16H2,1H3,(H,22,23)/t17-,18+,19+/m0/s1. The van der Waals surface area contributed by atoms with E-state index in [1.807, 2.05) is 0 Å². The number of unbranched alkanes of at least 4 members (excludes halogenated alkanes) is 7. The van der Waals surface area contributed by atoms with E-state index in [4.69, 9.17) is 14.2 Å². The third kappa shape index (κ3) is 10.1. The Morgan fingerprint density at radius 3 is 2.30 bits per heavy atom. The third-order valence-electron chi connectivity index (χ3n) is 5.59. The molecule has 2 aliphatic rings. The van der Waals surface area contributed by atoms with Gasteiger partial charge in [0.25, 0.3) is 0 Å². The summed E-state index contributed by atoms with van der Waals surface area (Å²) in [4.78, 5) is 20.7. The molecule has 1 unspecified atom stereocenters. The second-order valence-corrected chi connectivity index (χ2v) is 9.49. The summed E-state index contributed by atoms with van der Waals surface area (Å²) in [5.74, 6) is 1.74. The smallest absolute Gasteiger partial charge is 0.463 e. The fourth-order valence-electron chi connectivity index (χ4n) is 3.82. The molecule has 1 heterocycles. The molecule has 1 aliphatic carbocycles. The van der Waals surface area contributed by atoms with Crippen LogP contribution in [0.15, 0.2) is 0 Å². The molecule has 7 heteroatoms. The maximum Gasteiger partial charge on any atom is 0.472 e. The number of phosphoric ester groups is 1. The van der Waals surface area contributed by atoms with Gasteiger partial charge in [0.1, 0.15) is 12.7 Å². The molecule has 0 aromatic rings. The molecule has 1 aliphatic heterocycles. The molecule has 0 aromatic heterocycles. The van der Waals surface area contributed by atoms with Gasteiger partial charge in [0.2, 0.25) is 0 Å². The van der Waals surface area contributed by atoms with Crippen LogP contribution in [-0.2, 0) is 23.1 Å². The molecule has 0 bridgehead atoms. The van der Waals surface area contributed by atoms with Crippen LogP contribution in [-0.4, -0.2) is 30.2 Å². The first-order valence-electron chi connectivity index (χ1n) is 10.8. The summed E-state index contributed by atoms with van der Waals surface area (Å²) in [5, 5.41) is 0. The van der Waals surface area contributed by atoms with Crippen LogP contribution < -0.4 is 0 Å². The summed E-state index contributed by atoms with van der Waals surface area (Å²) in [6.07, 6.45) is 15.2. The molecular weight excluding hydrogens is 367 g/mol. The zero-order chi connectivity index (χ0) is 19.5. The van der Waals surface area contributed by atoms with Crippen molar-refractivity contribution in [3.8, 4) is 0 Å². The van der Waals surface area contributed by atoms with Crippen molar-refractivity contribution in [2.75, 3.05) is 13.2 Å². The Bertz CT molecular complexity index is 483. The number of carbonyl (C=O) groups excluding carboxylic acids is 1. The highest BCUT2D eigenvalue weighted by Crippen LogP contribution is 2.49. The SMILES string of the molecule is CCCCCC[C@H]1C[C@H]1CCCCCCCC(=O)OC[C@@H]1COP(=O)(O)O1. The fraction of sp³-hybridized carbons (Fsp3) is 0.950. The van der Waals surface area contributed by atoms with Gasteiger partial charge in [-0.05, 0) is 24.7 Å². The Labute approximate surface area is 164 Å². The van der Waals surface area contributed by atoms with Crippen molar-refractivity contribution in [3.63, 3.8) is 0 Å². The lowest BCUT2D eigenvalue weighted by atomic mass is 10.0. The summed E-state index contributed by atoms with van der Waals surface area (Å²) in [6.45, 7) is 2.23. The van der Waals surface area contributed by atoms with Gasteiger partial charge in [0.15, 0.2) is 0 Å². The normalized spacial score (nSPS) is 29.8. The molecule has 0 aromatic carbocycles. The minimum absolute atomic E-state index is 0.0123. The largest absolute Gasteiger partial charge is 0.472 e. The minimum Gasteiger partial charge on any atom is -0.463 e. The lowest BCUT2D eigenvalue weighted by Gasteiger charge is -2.08. The Balaban J connectivity index is 1.34. The Kier molecular flexibility index (Phi) is 10.3. The van der Waals surface area contributed by atoms with Crippen LogP contribution in [0.5, 0.6) is 0 Å². The van der Waals surface area contributed by atoms with Crippen LogP contribution >= 0.6 is 7.82 Å². The predicted octanol–water partition coefficient (Wildman–Crippen LogP) is 5.38. The molecule has 27 heavy (non-hydrogen) atoms. The molecule has 158 valence electrons. The second kappa shape index (κ2) is 12.2. The number of hydrogen-bond donors (Lipinski definition) is 1. The monoisotopic (exact) mass is 404 g/mol. The highest BCUT2D eigenvalue weighted by Gasteiger charge is 2.36. The van der Waals surface area contributed by atoms with E-state index in [2.05, 4.69) is 11.4 Å². The molecule has 4 atom stereocenters. The number of hydrogen-bond acceptors (Lipinski definition) is 5. The van der Waals surface area contributed by atoms with Crippen LogP contribution in [0, 0.1) is 11.8 Å². The molecule has 0 amide bonds. The molecule has 1 saturated heterocycles. The summed E-state index contributed by atoms with van der Waals surface area (Å²) in [5.41, 5.74) is 0. The van der Waals surface area contributed by atoms with Gasteiger partial charge in [-0.1, -0.05) is 71.1 Å². The third-order valence-corrected chi connectivity index (χ3v) is 6.63. The van der Waals surface area contributed by atoms with Gasteiger partial charge in [-0.3, -0.25) is 13.8 Å². The van der Waals surface area contributed by atoms with E-state index >= 15 is 0 Å². The number of carbonyl (C=O) groups is 1. The van der Waals surface area contributed by atoms with Gasteiger partial charge in [0, 0.05) is 6.42 Å². The van der Waals surface area contributed by atoms with Crippen molar-refractivity contribution in [2.24, 2.45) is 11.8 Å². The van der Waals surface area contributed by atoms with E-state index in [1.165, 1.54) is 64.2 Å². The first-order chi connectivity index (χ1) is 13.0. The fourth-order valence-corrected chi connectivity index (χ4v) is 4.73. The average molecular weight is 404 g/mol. The van der Waals surface area contributed by atoms with Crippen molar-refractivity contribution in [1.82, 2.24) is 0 Å². The lowest BCUT2D eigenvalue weighted by molar-refractivity contribution is -0.146. The van der Waals surface area contributed by atoms with E-state index in [1.54, 1.807) is 0 Å². The van der Waals surface area contributed by atoms with Crippen molar-refractivity contribution in [2.45, 2.75) is 96.5 Å². The van der Waals surface area contributed by atoms with Gasteiger partial charge in [-0.15, -0.1) is 0 Å². The van der Waals surface area contributed by atoms with Crippen LogP contribution in [0.4, 0.5) is 0 Å². The quantitative estimate of drug-likeness (QED) is 0.224. The molecule has 2 fully saturated rings. The second-order valence-electron chi connectivity index (χ2n) is 8.09. The number of phosphoric acid groups is 1. The summed E-state index contributed by atoms with van der Waals surface area (Å²) in [7, 11) is -3.90. The Morgan fingerprint density at radius 2 is 1.67 bits per heavy atom. The molecule has 1 saturated carbocycles. The van der Waals surface area contributed by atoms with Crippen LogP contribution in [0.2, 0.25) is 0 Å². The van der Waals surface area contributed by atoms with E-state index in [-0.39, 0.29) is 19.2 Å². The summed E-state index contributed by atoms with van der Waals surface area (Å²) < 4.78 is 25.5. The van der Waals surface area contributed by atoms with Crippen LogP contribution in [0.1, 0.15) is 90.4 Å².